The van der Waals surface area contributed by atoms with Crippen LogP contribution in [0.5, 0.6) is 0 Å². The quantitative estimate of drug-likeness (QED) is 0.496. The molecule has 0 unspecified atom stereocenters. The lowest BCUT2D eigenvalue weighted by molar-refractivity contribution is -0.145. The van der Waals surface area contributed by atoms with E-state index in [0.717, 1.165) is 23.8 Å². The number of ketones is 1. The van der Waals surface area contributed by atoms with Crippen molar-refractivity contribution in [3.63, 3.8) is 0 Å². The van der Waals surface area contributed by atoms with E-state index in [9.17, 15) is 9.59 Å². The number of hydrogen-bond acceptors (Lipinski definition) is 3. The van der Waals surface area contributed by atoms with Crippen LogP contribution >= 0.6 is 0 Å². The van der Waals surface area contributed by atoms with Crippen LogP contribution in [-0.2, 0) is 20.9 Å². The van der Waals surface area contributed by atoms with E-state index in [4.69, 9.17) is 4.74 Å². The van der Waals surface area contributed by atoms with Crippen LogP contribution in [0.1, 0.15) is 80.7 Å². The Bertz CT molecular complexity index is 482. The summed E-state index contributed by atoms with van der Waals surface area (Å²) in [4.78, 5) is 21.5. The lowest BCUT2D eigenvalue weighted by Gasteiger charge is -2.06. The lowest BCUT2D eigenvalue weighted by Crippen LogP contribution is -2.07. The molecule has 0 aliphatic rings. The molecule has 0 fully saturated rings. The van der Waals surface area contributed by atoms with Crippen molar-refractivity contribution in [2.24, 2.45) is 23.7 Å². The van der Waals surface area contributed by atoms with Gasteiger partial charge in [-0.2, -0.15) is 0 Å². The predicted octanol–water partition coefficient (Wildman–Crippen LogP) is 6.70. The topological polar surface area (TPSA) is 43.4 Å². The smallest absolute Gasteiger partial charge is 0.306 e. The summed E-state index contributed by atoms with van der Waals surface area (Å²) in [6.45, 7) is 19.1. The summed E-state index contributed by atoms with van der Waals surface area (Å²) >= 11 is 0. The maximum Gasteiger partial charge on any atom is 0.306 e. The first-order chi connectivity index (χ1) is 12.5. The van der Waals surface area contributed by atoms with E-state index >= 15 is 0 Å². The average molecular weight is 379 g/mol. The molecular formula is C24H42O3. The summed E-state index contributed by atoms with van der Waals surface area (Å²) in [7, 11) is 0. The number of hydrogen-bond donors (Lipinski definition) is 0. The van der Waals surface area contributed by atoms with Crippen molar-refractivity contribution in [2.75, 3.05) is 0 Å². The molecule has 0 bridgehead atoms. The van der Waals surface area contributed by atoms with Gasteiger partial charge in [-0.25, -0.2) is 0 Å². The van der Waals surface area contributed by atoms with Gasteiger partial charge in [0.05, 0.1) is 0 Å². The second-order valence-electron chi connectivity index (χ2n) is 8.53. The Morgan fingerprint density at radius 1 is 0.778 bits per heavy atom. The Labute approximate surface area is 167 Å². The highest BCUT2D eigenvalue weighted by molar-refractivity contribution is 5.75. The van der Waals surface area contributed by atoms with Crippen LogP contribution in [0.4, 0.5) is 0 Å². The number of ether oxygens (including phenoxy) is 1. The van der Waals surface area contributed by atoms with Gasteiger partial charge < -0.3 is 9.53 Å². The van der Waals surface area contributed by atoms with Gasteiger partial charge in [-0.05, 0) is 36.2 Å². The van der Waals surface area contributed by atoms with Crippen LogP contribution in [0, 0.1) is 23.7 Å². The molecular weight excluding hydrogens is 336 g/mol. The van der Waals surface area contributed by atoms with Crippen LogP contribution in [0.2, 0.25) is 0 Å². The molecule has 0 amide bonds. The predicted molar refractivity (Wildman–Crippen MR) is 116 cm³/mol. The fraction of sp³-hybridized carbons (Fsp3) is 0.667. The molecule has 156 valence electrons. The van der Waals surface area contributed by atoms with Gasteiger partial charge in [0.25, 0.3) is 0 Å². The van der Waals surface area contributed by atoms with Gasteiger partial charge in [-0.1, -0.05) is 85.7 Å². The van der Waals surface area contributed by atoms with Gasteiger partial charge in [-0.3, -0.25) is 4.79 Å². The number of benzene rings is 1. The van der Waals surface area contributed by atoms with Gasteiger partial charge in [0, 0.05) is 12.8 Å². The Kier molecular flexibility index (Phi) is 16.9. The molecule has 1 aromatic rings. The molecule has 0 radical (unpaired) electrons. The van der Waals surface area contributed by atoms with Crippen molar-refractivity contribution < 1.29 is 14.3 Å². The lowest BCUT2D eigenvalue weighted by atomic mass is 10.0. The summed E-state index contributed by atoms with van der Waals surface area (Å²) in [6.07, 6.45) is 1.22. The van der Waals surface area contributed by atoms with Crippen LogP contribution < -0.4 is 0 Å². The third kappa shape index (κ3) is 22.3. The van der Waals surface area contributed by atoms with E-state index in [-0.39, 0.29) is 11.8 Å². The molecule has 0 N–H and O–H groups in total. The maximum absolute atomic E-state index is 11.2. The van der Waals surface area contributed by atoms with E-state index in [1.54, 1.807) is 6.92 Å². The molecule has 3 nitrogen and oxygen atoms in total. The van der Waals surface area contributed by atoms with Gasteiger partial charge >= 0.3 is 5.97 Å². The molecule has 3 heteroatoms. The van der Waals surface area contributed by atoms with Crippen LogP contribution in [0.3, 0.4) is 0 Å². The van der Waals surface area contributed by atoms with E-state index < -0.39 is 0 Å². The van der Waals surface area contributed by atoms with E-state index in [2.05, 4.69) is 27.7 Å². The van der Waals surface area contributed by atoms with Crippen molar-refractivity contribution in [1.29, 1.82) is 0 Å². The summed E-state index contributed by atoms with van der Waals surface area (Å²) in [5.41, 5.74) is 1.03. The van der Waals surface area contributed by atoms with Gasteiger partial charge in [0.2, 0.25) is 0 Å². The minimum absolute atomic E-state index is 0.121. The second-order valence-corrected chi connectivity index (χ2v) is 8.53. The number of carbonyl (C=O) groups is 2. The summed E-state index contributed by atoms with van der Waals surface area (Å²) < 4.78 is 5.10. The Morgan fingerprint density at radius 3 is 1.52 bits per heavy atom. The maximum atomic E-state index is 11.2. The minimum atomic E-state index is -0.121. The fourth-order valence-corrected chi connectivity index (χ4v) is 1.71. The average Bonchev–Trinajstić information content (AvgIpc) is 2.53. The molecule has 0 heterocycles. The first-order valence-electron chi connectivity index (χ1n) is 10.1. The summed E-state index contributed by atoms with van der Waals surface area (Å²) in [5, 5.41) is 0. The molecule has 0 aliphatic carbocycles. The number of carbonyl (C=O) groups excluding carboxylic acids is 2. The number of rotatable bonds is 7. The largest absolute Gasteiger partial charge is 0.461 e. The summed E-state index contributed by atoms with van der Waals surface area (Å²) in [5.74, 6) is 2.75. The monoisotopic (exact) mass is 378 g/mol. The Balaban J connectivity index is 0. The molecule has 0 aliphatic heterocycles. The van der Waals surface area contributed by atoms with Gasteiger partial charge in [0.1, 0.15) is 12.4 Å². The highest BCUT2D eigenvalue weighted by Gasteiger charge is 2.05. The fourth-order valence-electron chi connectivity index (χ4n) is 1.71. The zero-order chi connectivity index (χ0) is 21.4. The third-order valence-corrected chi connectivity index (χ3v) is 3.85. The Hall–Kier alpha value is -1.64. The molecule has 0 atom stereocenters. The molecule has 0 saturated carbocycles. The van der Waals surface area contributed by atoms with E-state index in [1.807, 2.05) is 58.0 Å². The van der Waals surface area contributed by atoms with Gasteiger partial charge in [0.15, 0.2) is 0 Å². The zero-order valence-corrected chi connectivity index (χ0v) is 19.0. The van der Waals surface area contributed by atoms with Crippen molar-refractivity contribution in [2.45, 2.75) is 81.8 Å². The van der Waals surface area contributed by atoms with Gasteiger partial charge in [-0.15, -0.1) is 0 Å². The SMILES string of the molecule is CC(=O)CC(C)C.CC(C)C(C)C.CC(C)CC(=O)OCc1ccccc1. The number of Topliss-reactive ketones (excluding diaryl/α,β-unsaturated/α-hetero) is 1. The molecule has 1 aromatic carbocycles. The normalized spacial score (nSPS) is 10.3. The first-order valence-corrected chi connectivity index (χ1v) is 10.1. The highest BCUT2D eigenvalue weighted by atomic mass is 16.5. The van der Waals surface area contributed by atoms with Crippen LogP contribution in [-0.4, -0.2) is 11.8 Å². The molecule has 1 rings (SSSR count). The van der Waals surface area contributed by atoms with E-state index in [0.29, 0.717) is 24.9 Å². The Morgan fingerprint density at radius 2 is 1.22 bits per heavy atom. The second kappa shape index (κ2) is 16.5. The van der Waals surface area contributed by atoms with Crippen LogP contribution in [0.25, 0.3) is 0 Å². The van der Waals surface area contributed by atoms with Crippen LogP contribution in [0.15, 0.2) is 30.3 Å². The number of esters is 1. The third-order valence-electron chi connectivity index (χ3n) is 3.85. The summed E-state index contributed by atoms with van der Waals surface area (Å²) in [6, 6.07) is 9.71. The van der Waals surface area contributed by atoms with Crippen molar-refractivity contribution in [1.82, 2.24) is 0 Å². The molecule has 0 spiro atoms. The standard InChI is InChI=1S/C12H16O2.C6H12O.C6H14/c1-10(2)8-12(13)14-9-11-6-4-3-5-7-11;1-5(2)4-6(3)7;1-5(2)6(3)4/h3-7,10H,8-9H2,1-2H3;5H,4H2,1-3H3;5-6H,1-4H3. The van der Waals surface area contributed by atoms with Crippen molar-refractivity contribution in [3.8, 4) is 0 Å². The highest BCUT2D eigenvalue weighted by Crippen LogP contribution is 2.06. The van der Waals surface area contributed by atoms with Crippen molar-refractivity contribution >= 4 is 11.8 Å². The molecule has 0 aromatic heterocycles. The first kappa shape index (κ1) is 27.6. The van der Waals surface area contributed by atoms with E-state index in [1.165, 1.54) is 0 Å². The molecule has 27 heavy (non-hydrogen) atoms. The van der Waals surface area contributed by atoms with Crippen molar-refractivity contribution in [3.05, 3.63) is 35.9 Å². The zero-order valence-electron chi connectivity index (χ0n) is 19.0. The molecule has 0 saturated heterocycles. The minimum Gasteiger partial charge on any atom is -0.461 e.